The van der Waals surface area contributed by atoms with Gasteiger partial charge in [-0.3, -0.25) is 4.98 Å². The van der Waals surface area contributed by atoms with Crippen LogP contribution in [-0.4, -0.2) is 31.3 Å². The maximum Gasteiger partial charge on any atom is 0.451 e. The van der Waals surface area contributed by atoms with E-state index in [0.29, 0.717) is 5.01 Å². The maximum absolute atomic E-state index is 13.3. The van der Waals surface area contributed by atoms with E-state index in [1.165, 1.54) is 17.4 Å². The van der Waals surface area contributed by atoms with E-state index < -0.39 is 12.0 Å². The van der Waals surface area contributed by atoms with Crippen molar-refractivity contribution < 1.29 is 17.9 Å². The summed E-state index contributed by atoms with van der Waals surface area (Å²) in [6.07, 6.45) is -1.39. The molecule has 3 atom stereocenters. The van der Waals surface area contributed by atoms with Crippen molar-refractivity contribution in [3.05, 3.63) is 52.0 Å². The molecule has 156 valence electrons. The van der Waals surface area contributed by atoms with E-state index in [9.17, 15) is 13.2 Å². The summed E-state index contributed by atoms with van der Waals surface area (Å²) in [4.78, 5) is 11.6. The highest BCUT2D eigenvalue weighted by atomic mass is 32.1. The second-order valence-corrected chi connectivity index (χ2v) is 8.80. The lowest BCUT2D eigenvalue weighted by atomic mass is 10.2. The van der Waals surface area contributed by atoms with Gasteiger partial charge in [0.2, 0.25) is 11.7 Å². The fourth-order valence-electron chi connectivity index (χ4n) is 3.75. The van der Waals surface area contributed by atoms with E-state index in [-0.39, 0.29) is 35.7 Å². The topological polar surface area (TPSA) is 85.7 Å². The number of anilines is 1. The van der Waals surface area contributed by atoms with Gasteiger partial charge in [-0.15, -0.1) is 10.2 Å². The van der Waals surface area contributed by atoms with Gasteiger partial charge < -0.3 is 10.1 Å². The van der Waals surface area contributed by atoms with Crippen LogP contribution in [-0.2, 0) is 12.7 Å². The molecule has 5 rings (SSSR count). The van der Waals surface area contributed by atoms with Crippen LogP contribution < -0.4 is 10.1 Å². The first-order chi connectivity index (χ1) is 14.3. The molecule has 0 bridgehead atoms. The summed E-state index contributed by atoms with van der Waals surface area (Å²) in [5.74, 6) is -0.998. The smallest absolute Gasteiger partial charge is 0.451 e. The Kier molecular flexibility index (Phi) is 4.38. The second kappa shape index (κ2) is 6.86. The van der Waals surface area contributed by atoms with E-state index in [2.05, 4.69) is 30.5 Å². The molecule has 2 aliphatic rings. The zero-order valence-corrected chi connectivity index (χ0v) is 16.7. The minimum atomic E-state index is -4.67. The van der Waals surface area contributed by atoms with Gasteiger partial charge in [0.25, 0.3) is 0 Å². The van der Waals surface area contributed by atoms with E-state index in [0.717, 1.165) is 23.5 Å². The molecule has 1 spiro atoms. The molecule has 30 heavy (non-hydrogen) atoms. The van der Waals surface area contributed by atoms with Crippen molar-refractivity contribution in [3.63, 3.8) is 0 Å². The van der Waals surface area contributed by atoms with Crippen molar-refractivity contribution >= 4 is 17.2 Å². The molecule has 1 N–H and O–H groups in total. The molecule has 2 saturated carbocycles. The number of halogens is 3. The van der Waals surface area contributed by atoms with Crippen LogP contribution in [0.1, 0.15) is 40.3 Å². The number of rotatable bonds is 6. The average Bonchev–Trinajstić information content (AvgIpc) is 3.56. The number of alkyl halides is 3. The first kappa shape index (κ1) is 19.2. The highest BCUT2D eigenvalue weighted by molar-refractivity contribution is 7.11. The lowest BCUT2D eigenvalue weighted by Gasteiger charge is -2.12. The van der Waals surface area contributed by atoms with Crippen LogP contribution in [0.3, 0.4) is 0 Å². The molecular weight excluding hydrogens is 417 g/mol. The first-order valence-electron chi connectivity index (χ1n) is 9.40. The molecule has 0 radical (unpaired) electrons. The Labute approximate surface area is 173 Å². The van der Waals surface area contributed by atoms with Crippen LogP contribution in [0.15, 0.2) is 30.5 Å². The molecule has 2 fully saturated rings. The number of pyridine rings is 1. The molecular formula is C19H17F3N6OS. The number of aromatic nitrogens is 5. The molecule has 3 aromatic rings. The molecule has 3 heterocycles. The summed E-state index contributed by atoms with van der Waals surface area (Å²) in [6, 6.07) is 7.16. The summed E-state index contributed by atoms with van der Waals surface area (Å²) in [5, 5.41) is 12.1. The largest absolute Gasteiger partial charge is 0.474 e. The highest BCUT2D eigenvalue weighted by Gasteiger charge is 2.73. The molecule has 0 saturated heterocycles. The predicted molar refractivity (Wildman–Crippen MR) is 102 cm³/mol. The number of nitrogens with zero attached hydrogens (tertiary/aromatic N) is 5. The number of hydrogen-bond acceptors (Lipinski definition) is 8. The third-order valence-electron chi connectivity index (χ3n) is 5.42. The highest BCUT2D eigenvalue weighted by Crippen LogP contribution is 2.75. The van der Waals surface area contributed by atoms with E-state index in [4.69, 9.17) is 4.74 Å². The summed E-state index contributed by atoms with van der Waals surface area (Å²) in [6.45, 7) is 2.02. The van der Waals surface area contributed by atoms with Crippen LogP contribution in [0, 0.1) is 12.3 Å². The Hall–Kier alpha value is -2.82. The molecule has 0 aromatic carbocycles. The van der Waals surface area contributed by atoms with Crippen LogP contribution in [0.4, 0.5) is 19.0 Å². The Balaban J connectivity index is 1.31. The lowest BCUT2D eigenvalue weighted by molar-refractivity contribution is -0.145. The normalized spacial score (nSPS) is 24.7. The Morgan fingerprint density at radius 1 is 1.23 bits per heavy atom. The molecule has 0 aliphatic heterocycles. The van der Waals surface area contributed by atoms with Gasteiger partial charge in [-0.1, -0.05) is 17.4 Å². The standard InChI is InChI=1S/C19H17F3N6OS/c1-10-27-28-16(30-10)9-24-14-6-15(26-17(25-14)19(20,21)22)29-13-8-18(13)7-11(18)12-4-2-3-5-23-12/h2-6,11,13H,7-9H2,1H3,(H,24,25,26)/t11-,13-,18+/m1/s1. The summed E-state index contributed by atoms with van der Waals surface area (Å²) < 4.78 is 45.7. The van der Waals surface area contributed by atoms with E-state index >= 15 is 0 Å². The van der Waals surface area contributed by atoms with Crippen LogP contribution >= 0.6 is 11.3 Å². The van der Waals surface area contributed by atoms with Crippen molar-refractivity contribution in [1.82, 2.24) is 25.1 Å². The van der Waals surface area contributed by atoms with Crippen molar-refractivity contribution in [1.29, 1.82) is 0 Å². The average molecular weight is 434 g/mol. The van der Waals surface area contributed by atoms with Gasteiger partial charge >= 0.3 is 6.18 Å². The number of nitrogens with one attached hydrogen (secondary N) is 1. The van der Waals surface area contributed by atoms with E-state index in [1.54, 1.807) is 13.1 Å². The van der Waals surface area contributed by atoms with Crippen LogP contribution in [0.25, 0.3) is 0 Å². The quantitative estimate of drug-likeness (QED) is 0.628. The van der Waals surface area contributed by atoms with Gasteiger partial charge in [0.1, 0.15) is 21.9 Å². The Morgan fingerprint density at radius 2 is 2.10 bits per heavy atom. The molecule has 11 heteroatoms. The molecule has 7 nitrogen and oxygen atoms in total. The molecule has 2 aliphatic carbocycles. The fourth-order valence-corrected chi connectivity index (χ4v) is 4.40. The van der Waals surface area contributed by atoms with Gasteiger partial charge in [0.15, 0.2) is 0 Å². The molecule has 0 unspecified atom stereocenters. The minimum Gasteiger partial charge on any atom is -0.474 e. The summed E-state index contributed by atoms with van der Waals surface area (Å²) in [7, 11) is 0. The Morgan fingerprint density at radius 3 is 2.80 bits per heavy atom. The zero-order chi connectivity index (χ0) is 20.9. The molecule has 3 aromatic heterocycles. The van der Waals surface area contributed by atoms with Crippen molar-refractivity contribution in [2.45, 2.75) is 44.5 Å². The number of hydrogen-bond donors (Lipinski definition) is 1. The predicted octanol–water partition coefficient (Wildman–Crippen LogP) is 3.99. The summed E-state index contributed by atoms with van der Waals surface area (Å²) in [5.41, 5.74) is 0.965. The van der Waals surface area contributed by atoms with Gasteiger partial charge in [-0.25, -0.2) is 4.98 Å². The fraction of sp³-hybridized carbons (Fsp3) is 0.421. The SMILES string of the molecule is Cc1nnc(CNc2cc(O[C@@H]3C[C@]34C[C@@H]4c3ccccn3)nc(C(F)(F)F)n2)s1. The third kappa shape index (κ3) is 3.69. The Bertz CT molecular complexity index is 1080. The number of ether oxygens (including phenoxy) is 1. The van der Waals surface area contributed by atoms with Gasteiger partial charge in [0.05, 0.1) is 6.54 Å². The van der Waals surface area contributed by atoms with Gasteiger partial charge in [0, 0.05) is 29.3 Å². The zero-order valence-electron chi connectivity index (χ0n) is 15.8. The lowest BCUT2D eigenvalue weighted by Crippen LogP contribution is -2.15. The van der Waals surface area contributed by atoms with Crippen molar-refractivity contribution in [2.24, 2.45) is 5.41 Å². The second-order valence-electron chi connectivity index (χ2n) is 7.54. The third-order valence-corrected chi connectivity index (χ3v) is 6.26. The maximum atomic E-state index is 13.3. The van der Waals surface area contributed by atoms with Gasteiger partial charge in [-0.2, -0.15) is 18.2 Å². The van der Waals surface area contributed by atoms with E-state index in [1.807, 2.05) is 18.2 Å². The van der Waals surface area contributed by atoms with Crippen molar-refractivity contribution in [2.75, 3.05) is 5.32 Å². The van der Waals surface area contributed by atoms with Crippen LogP contribution in [0.2, 0.25) is 0 Å². The summed E-state index contributed by atoms with van der Waals surface area (Å²) >= 11 is 1.36. The minimum absolute atomic E-state index is 0.0324. The monoisotopic (exact) mass is 434 g/mol. The molecule has 0 amide bonds. The van der Waals surface area contributed by atoms with Gasteiger partial charge in [-0.05, 0) is 31.9 Å². The van der Waals surface area contributed by atoms with Crippen molar-refractivity contribution in [3.8, 4) is 5.88 Å². The number of aryl methyl sites for hydroxylation is 1. The first-order valence-corrected chi connectivity index (χ1v) is 10.2. The van der Waals surface area contributed by atoms with Crippen LogP contribution in [0.5, 0.6) is 5.88 Å².